The molecule has 0 aliphatic carbocycles. The molecule has 0 aromatic heterocycles. The summed E-state index contributed by atoms with van der Waals surface area (Å²) in [5.74, 6) is -0.131. The van der Waals surface area contributed by atoms with Crippen LogP contribution < -0.4 is 5.73 Å². The molecular weight excluding hydrogens is 228 g/mol. The van der Waals surface area contributed by atoms with Crippen LogP contribution in [0.15, 0.2) is 23.9 Å². The fourth-order valence-corrected chi connectivity index (χ4v) is 3.07. The molecule has 2 heterocycles. The van der Waals surface area contributed by atoms with E-state index >= 15 is 0 Å². The SMILES string of the molecule is C=CC1=C(C(=O)OC)N2C(=O)C(N)[C@H]2SC1. The van der Waals surface area contributed by atoms with Gasteiger partial charge in [-0.15, -0.1) is 11.8 Å². The van der Waals surface area contributed by atoms with Gasteiger partial charge >= 0.3 is 5.97 Å². The van der Waals surface area contributed by atoms with Gasteiger partial charge in [-0.1, -0.05) is 12.7 Å². The maximum absolute atomic E-state index is 11.6. The Labute approximate surface area is 97.3 Å². The maximum atomic E-state index is 11.6. The lowest BCUT2D eigenvalue weighted by Crippen LogP contribution is -2.68. The zero-order valence-electron chi connectivity index (χ0n) is 8.80. The summed E-state index contributed by atoms with van der Waals surface area (Å²) in [6.07, 6.45) is 1.58. The van der Waals surface area contributed by atoms with Crippen LogP contribution in [-0.2, 0) is 14.3 Å². The molecular formula is C10H12N2O3S. The van der Waals surface area contributed by atoms with E-state index < -0.39 is 12.0 Å². The van der Waals surface area contributed by atoms with Crippen LogP contribution in [0, 0.1) is 0 Å². The summed E-state index contributed by atoms with van der Waals surface area (Å²) in [6, 6.07) is -0.518. The minimum Gasteiger partial charge on any atom is -0.464 e. The zero-order valence-corrected chi connectivity index (χ0v) is 9.62. The normalized spacial score (nSPS) is 28.4. The van der Waals surface area contributed by atoms with Crippen molar-refractivity contribution >= 4 is 23.6 Å². The fourth-order valence-electron chi connectivity index (χ4n) is 1.78. The van der Waals surface area contributed by atoms with E-state index in [1.54, 1.807) is 6.08 Å². The molecule has 0 radical (unpaired) electrons. The van der Waals surface area contributed by atoms with Gasteiger partial charge in [-0.2, -0.15) is 0 Å². The van der Waals surface area contributed by atoms with Crippen LogP contribution in [0.1, 0.15) is 0 Å². The highest BCUT2D eigenvalue weighted by Crippen LogP contribution is 2.39. The van der Waals surface area contributed by atoms with Crippen molar-refractivity contribution in [2.45, 2.75) is 11.4 Å². The topological polar surface area (TPSA) is 72.6 Å². The minimum atomic E-state index is -0.518. The number of rotatable bonds is 2. The first-order valence-corrected chi connectivity index (χ1v) is 5.80. The minimum absolute atomic E-state index is 0.148. The molecule has 16 heavy (non-hydrogen) atoms. The van der Waals surface area contributed by atoms with E-state index in [2.05, 4.69) is 11.3 Å². The van der Waals surface area contributed by atoms with Crippen molar-refractivity contribution in [3.05, 3.63) is 23.9 Å². The van der Waals surface area contributed by atoms with Crippen LogP contribution in [0.2, 0.25) is 0 Å². The second-order valence-corrected chi connectivity index (χ2v) is 4.61. The molecule has 6 heteroatoms. The summed E-state index contributed by atoms with van der Waals surface area (Å²) in [5, 5.41) is -0.148. The van der Waals surface area contributed by atoms with Gasteiger partial charge in [-0.25, -0.2) is 4.79 Å². The quantitative estimate of drug-likeness (QED) is 0.536. The van der Waals surface area contributed by atoms with E-state index in [9.17, 15) is 9.59 Å². The van der Waals surface area contributed by atoms with Crippen LogP contribution >= 0.6 is 11.8 Å². The van der Waals surface area contributed by atoms with E-state index in [1.165, 1.54) is 23.8 Å². The van der Waals surface area contributed by atoms with Crippen LogP contribution in [-0.4, -0.2) is 41.1 Å². The molecule has 0 aromatic rings. The van der Waals surface area contributed by atoms with E-state index in [1.807, 2.05) is 0 Å². The molecule has 2 aliphatic heterocycles. The third-order valence-electron chi connectivity index (χ3n) is 2.66. The molecule has 2 aliphatic rings. The lowest BCUT2D eigenvalue weighted by Gasteiger charge is -2.47. The Morgan fingerprint density at radius 2 is 2.44 bits per heavy atom. The molecule has 5 nitrogen and oxygen atoms in total. The summed E-state index contributed by atoms with van der Waals surface area (Å²) in [5.41, 5.74) is 6.66. The van der Waals surface area contributed by atoms with Crippen molar-refractivity contribution in [1.82, 2.24) is 4.90 Å². The van der Waals surface area contributed by atoms with Gasteiger partial charge in [0.2, 0.25) is 5.91 Å². The van der Waals surface area contributed by atoms with Gasteiger partial charge in [0.1, 0.15) is 17.1 Å². The Kier molecular flexibility index (Phi) is 2.77. The van der Waals surface area contributed by atoms with E-state index in [-0.39, 0.29) is 17.0 Å². The lowest BCUT2D eigenvalue weighted by molar-refractivity contribution is -0.149. The monoisotopic (exact) mass is 240 g/mol. The van der Waals surface area contributed by atoms with Crippen molar-refractivity contribution in [2.24, 2.45) is 5.73 Å². The summed E-state index contributed by atoms with van der Waals surface area (Å²) in [6.45, 7) is 3.63. The Balaban J connectivity index is 2.40. The average Bonchev–Trinajstić information content (AvgIpc) is 2.34. The molecule has 0 aromatic carbocycles. The molecule has 1 fully saturated rings. The molecule has 2 rings (SSSR count). The molecule has 0 saturated carbocycles. The Morgan fingerprint density at radius 1 is 1.75 bits per heavy atom. The summed E-state index contributed by atoms with van der Waals surface area (Å²) in [4.78, 5) is 24.6. The first-order valence-electron chi connectivity index (χ1n) is 4.76. The molecule has 0 bridgehead atoms. The second-order valence-electron chi connectivity index (χ2n) is 3.51. The number of fused-ring (bicyclic) bond motifs is 1. The number of nitrogens with two attached hydrogens (primary N) is 1. The van der Waals surface area contributed by atoms with E-state index in [0.717, 1.165) is 0 Å². The van der Waals surface area contributed by atoms with Crippen molar-refractivity contribution < 1.29 is 14.3 Å². The number of amides is 1. The third-order valence-corrected chi connectivity index (χ3v) is 3.99. The number of thioether (sulfide) groups is 1. The standard InChI is InChI=1S/C10H12N2O3S/c1-3-5-4-16-9-6(11)8(13)12(9)7(5)10(14)15-2/h3,6,9H,1,4,11H2,2H3/t6?,9-/m1/s1. The molecule has 2 N–H and O–H groups in total. The van der Waals surface area contributed by atoms with Crippen LogP contribution in [0.25, 0.3) is 0 Å². The number of esters is 1. The number of hydrogen-bond donors (Lipinski definition) is 1. The van der Waals surface area contributed by atoms with Crippen LogP contribution in [0.3, 0.4) is 0 Å². The number of allylic oxidation sites excluding steroid dienone is 1. The number of carbonyl (C=O) groups is 2. The molecule has 1 unspecified atom stereocenters. The number of β-lactam (4-membered cyclic amide) rings is 1. The Bertz CT molecular complexity index is 405. The smallest absolute Gasteiger partial charge is 0.355 e. The molecule has 0 spiro atoms. The third kappa shape index (κ3) is 1.37. The first-order chi connectivity index (χ1) is 7.61. The van der Waals surface area contributed by atoms with Crippen molar-refractivity contribution in [2.75, 3.05) is 12.9 Å². The van der Waals surface area contributed by atoms with Crippen LogP contribution in [0.4, 0.5) is 0 Å². The van der Waals surface area contributed by atoms with E-state index in [4.69, 9.17) is 5.73 Å². The van der Waals surface area contributed by atoms with Gasteiger partial charge in [0.25, 0.3) is 0 Å². The number of nitrogens with zero attached hydrogens (tertiary/aromatic N) is 1. The first kappa shape index (κ1) is 11.2. The molecule has 1 saturated heterocycles. The van der Waals surface area contributed by atoms with Crippen molar-refractivity contribution in [3.63, 3.8) is 0 Å². The Morgan fingerprint density at radius 3 is 3.00 bits per heavy atom. The van der Waals surface area contributed by atoms with Gasteiger partial charge < -0.3 is 10.5 Å². The predicted molar refractivity (Wildman–Crippen MR) is 60.3 cm³/mol. The van der Waals surface area contributed by atoms with Crippen molar-refractivity contribution in [3.8, 4) is 0 Å². The lowest BCUT2D eigenvalue weighted by atomic mass is 10.0. The maximum Gasteiger partial charge on any atom is 0.355 e. The van der Waals surface area contributed by atoms with E-state index in [0.29, 0.717) is 11.3 Å². The van der Waals surface area contributed by atoms with Crippen molar-refractivity contribution in [1.29, 1.82) is 0 Å². The molecule has 86 valence electrons. The van der Waals surface area contributed by atoms with Gasteiger partial charge in [0.15, 0.2) is 0 Å². The average molecular weight is 240 g/mol. The second kappa shape index (κ2) is 3.95. The summed E-state index contributed by atoms with van der Waals surface area (Å²) >= 11 is 1.53. The summed E-state index contributed by atoms with van der Waals surface area (Å²) < 4.78 is 4.67. The summed E-state index contributed by atoms with van der Waals surface area (Å²) in [7, 11) is 1.29. The van der Waals surface area contributed by atoms with Crippen LogP contribution in [0.5, 0.6) is 0 Å². The zero-order chi connectivity index (χ0) is 11.9. The van der Waals surface area contributed by atoms with Gasteiger partial charge in [-0.3, -0.25) is 9.69 Å². The number of carbonyl (C=O) groups excluding carboxylic acids is 2. The number of methoxy groups -OCH3 is 1. The van der Waals surface area contributed by atoms with Gasteiger partial charge in [0, 0.05) is 5.75 Å². The largest absolute Gasteiger partial charge is 0.464 e. The highest BCUT2D eigenvalue weighted by Gasteiger charge is 2.51. The highest BCUT2D eigenvalue weighted by atomic mass is 32.2. The molecule has 2 atom stereocenters. The predicted octanol–water partition coefficient (Wildman–Crippen LogP) is -0.158. The van der Waals surface area contributed by atoms with Gasteiger partial charge in [-0.05, 0) is 5.57 Å². The molecule has 1 amide bonds. The Hall–Kier alpha value is -1.27. The fraction of sp³-hybridized carbons (Fsp3) is 0.400. The van der Waals surface area contributed by atoms with Gasteiger partial charge in [0.05, 0.1) is 7.11 Å². The number of ether oxygens (including phenoxy) is 1. The highest BCUT2D eigenvalue weighted by molar-refractivity contribution is 8.00. The number of hydrogen-bond acceptors (Lipinski definition) is 5.